The molecule has 6 nitrogen and oxygen atoms in total. The van der Waals surface area contributed by atoms with E-state index < -0.39 is 0 Å². The fourth-order valence-corrected chi connectivity index (χ4v) is 3.86. The van der Waals surface area contributed by atoms with Crippen LogP contribution in [0.15, 0.2) is 64.8 Å². The van der Waals surface area contributed by atoms with Gasteiger partial charge in [-0.2, -0.15) is 0 Å². The number of azo groups is 1. The van der Waals surface area contributed by atoms with Crippen molar-refractivity contribution in [3.05, 3.63) is 54.6 Å². The van der Waals surface area contributed by atoms with Crippen LogP contribution in [0.25, 0.3) is 10.9 Å². The van der Waals surface area contributed by atoms with Crippen molar-refractivity contribution >= 4 is 39.6 Å². The molecule has 0 fully saturated rings. The molecular formula is C24H31N5OS. The zero-order valence-corrected chi connectivity index (χ0v) is 19.4. The number of anilines is 1. The third-order valence-electron chi connectivity index (χ3n) is 4.77. The molecule has 0 saturated carbocycles. The van der Waals surface area contributed by atoms with Crippen LogP contribution in [0.4, 0.5) is 11.4 Å². The van der Waals surface area contributed by atoms with Crippen LogP contribution in [0.3, 0.4) is 0 Å². The van der Waals surface area contributed by atoms with Crippen molar-refractivity contribution in [2.24, 2.45) is 22.1 Å². The molecule has 0 saturated heterocycles. The van der Waals surface area contributed by atoms with Gasteiger partial charge in [-0.1, -0.05) is 64.1 Å². The van der Waals surface area contributed by atoms with E-state index in [1.54, 1.807) is 0 Å². The third kappa shape index (κ3) is 6.12. The van der Waals surface area contributed by atoms with Gasteiger partial charge in [0, 0.05) is 24.2 Å². The van der Waals surface area contributed by atoms with Gasteiger partial charge >= 0.3 is 0 Å². The van der Waals surface area contributed by atoms with Gasteiger partial charge in [0.05, 0.1) is 12.2 Å². The van der Waals surface area contributed by atoms with Crippen LogP contribution >= 0.6 is 12.2 Å². The maximum Gasteiger partial charge on any atom is 0.221 e. The number of nitrogens with zero attached hydrogens (tertiary/aromatic N) is 4. The normalized spacial score (nSPS) is 12.0. The van der Waals surface area contributed by atoms with Crippen LogP contribution in [0.1, 0.15) is 27.7 Å². The quantitative estimate of drug-likeness (QED) is 0.316. The summed E-state index contributed by atoms with van der Waals surface area (Å²) in [5, 5.41) is 23.6. The van der Waals surface area contributed by atoms with Gasteiger partial charge in [-0.05, 0) is 42.3 Å². The molecule has 31 heavy (non-hydrogen) atoms. The standard InChI is InChI=1S/C24H31N5OS/c1-17(2)14-28(15-18(3)4)16-29-21-13-9-8-12-20(21)22(23(29)30)26-27-24(31)25-19-10-6-5-7-11-19/h5-13,17-18,30H,14-16H2,1-4H3,(H,25,31). The van der Waals surface area contributed by atoms with E-state index in [4.69, 9.17) is 12.2 Å². The molecule has 0 aliphatic carbocycles. The van der Waals surface area contributed by atoms with Crippen LogP contribution in [-0.4, -0.2) is 32.8 Å². The molecule has 0 unspecified atom stereocenters. The van der Waals surface area contributed by atoms with Gasteiger partial charge in [0.25, 0.3) is 0 Å². The highest BCUT2D eigenvalue weighted by Crippen LogP contribution is 2.39. The highest BCUT2D eigenvalue weighted by molar-refractivity contribution is 7.80. The minimum Gasteiger partial charge on any atom is -0.493 e. The van der Waals surface area contributed by atoms with Crippen molar-refractivity contribution in [3.63, 3.8) is 0 Å². The van der Waals surface area contributed by atoms with Crippen LogP contribution in [-0.2, 0) is 6.67 Å². The first-order valence-corrected chi connectivity index (χ1v) is 11.1. The summed E-state index contributed by atoms with van der Waals surface area (Å²) < 4.78 is 1.90. The van der Waals surface area contributed by atoms with E-state index in [0.29, 0.717) is 24.2 Å². The molecule has 0 radical (unpaired) electrons. The van der Waals surface area contributed by atoms with E-state index >= 15 is 0 Å². The molecule has 0 spiro atoms. The minimum atomic E-state index is 0.102. The molecule has 0 bridgehead atoms. The Morgan fingerprint density at radius 1 is 1.00 bits per heavy atom. The van der Waals surface area contributed by atoms with Crippen LogP contribution in [0.5, 0.6) is 5.88 Å². The van der Waals surface area contributed by atoms with Crippen molar-refractivity contribution in [2.45, 2.75) is 34.4 Å². The highest BCUT2D eigenvalue weighted by atomic mass is 32.1. The number of hydrogen-bond acceptors (Lipinski definition) is 4. The average molecular weight is 438 g/mol. The lowest BCUT2D eigenvalue weighted by Gasteiger charge is -2.27. The SMILES string of the molecule is CC(C)CN(CC(C)C)Cn1c(O)c(N=NC(=S)Nc2ccccc2)c2ccccc21. The van der Waals surface area contributed by atoms with Crippen LogP contribution in [0, 0.1) is 11.8 Å². The molecule has 7 heteroatoms. The molecule has 3 rings (SSSR count). The number of rotatable bonds is 8. The minimum absolute atomic E-state index is 0.102. The van der Waals surface area contributed by atoms with Gasteiger partial charge in [0.15, 0.2) is 5.69 Å². The Balaban J connectivity index is 1.89. The number of nitrogens with one attached hydrogen (secondary N) is 1. The van der Waals surface area contributed by atoms with Crippen molar-refractivity contribution in [3.8, 4) is 5.88 Å². The highest BCUT2D eigenvalue weighted by Gasteiger charge is 2.19. The summed E-state index contributed by atoms with van der Waals surface area (Å²) in [5.41, 5.74) is 2.20. The van der Waals surface area contributed by atoms with Crippen LogP contribution in [0.2, 0.25) is 0 Å². The molecule has 0 aliphatic rings. The predicted molar refractivity (Wildman–Crippen MR) is 132 cm³/mol. The second-order valence-electron chi connectivity index (χ2n) is 8.58. The van der Waals surface area contributed by atoms with E-state index in [-0.39, 0.29) is 11.0 Å². The fourth-order valence-electron chi connectivity index (χ4n) is 3.70. The lowest BCUT2D eigenvalue weighted by atomic mass is 10.1. The van der Waals surface area contributed by atoms with Gasteiger partial charge in [0.1, 0.15) is 0 Å². The average Bonchev–Trinajstić information content (AvgIpc) is 2.97. The van der Waals surface area contributed by atoms with Crippen molar-refractivity contribution in [2.75, 3.05) is 18.4 Å². The number of thiocarbonyl (C=S) groups is 1. The van der Waals surface area contributed by atoms with E-state index in [1.165, 1.54) is 0 Å². The van der Waals surface area contributed by atoms with Gasteiger partial charge < -0.3 is 10.4 Å². The molecule has 1 heterocycles. The number of hydrogen-bond donors (Lipinski definition) is 2. The maximum absolute atomic E-state index is 11.1. The molecule has 3 aromatic rings. The molecular weight excluding hydrogens is 406 g/mol. The Bertz CT molecular complexity index is 1030. The van der Waals surface area contributed by atoms with Crippen molar-refractivity contribution < 1.29 is 5.11 Å². The number of benzene rings is 2. The summed E-state index contributed by atoms with van der Waals surface area (Å²) in [7, 11) is 0. The second-order valence-corrected chi connectivity index (χ2v) is 8.97. The first kappa shape index (κ1) is 22.9. The first-order valence-electron chi connectivity index (χ1n) is 10.7. The molecule has 0 atom stereocenters. The lowest BCUT2D eigenvalue weighted by Crippen LogP contribution is -2.33. The van der Waals surface area contributed by atoms with Crippen LogP contribution < -0.4 is 5.32 Å². The second kappa shape index (κ2) is 10.5. The smallest absolute Gasteiger partial charge is 0.221 e. The summed E-state index contributed by atoms with van der Waals surface area (Å²) in [4.78, 5) is 2.37. The van der Waals surface area contributed by atoms with E-state index in [0.717, 1.165) is 29.7 Å². The largest absolute Gasteiger partial charge is 0.493 e. The zero-order valence-electron chi connectivity index (χ0n) is 18.6. The van der Waals surface area contributed by atoms with Gasteiger partial charge in [0.2, 0.25) is 11.0 Å². The molecule has 164 valence electrons. The van der Waals surface area contributed by atoms with Gasteiger partial charge in [-0.15, -0.1) is 10.2 Å². The summed E-state index contributed by atoms with van der Waals surface area (Å²) in [6.07, 6.45) is 0. The fraction of sp³-hybridized carbons (Fsp3) is 0.375. The molecule has 1 aromatic heterocycles. The lowest BCUT2D eigenvalue weighted by molar-refractivity contribution is 0.170. The Morgan fingerprint density at radius 2 is 1.61 bits per heavy atom. The molecule has 0 aliphatic heterocycles. The van der Waals surface area contributed by atoms with Gasteiger partial charge in [-0.25, -0.2) is 0 Å². The molecule has 2 aromatic carbocycles. The summed E-state index contributed by atoms with van der Waals surface area (Å²) in [6.45, 7) is 11.3. The topological polar surface area (TPSA) is 65.1 Å². The Hall–Kier alpha value is -2.77. The number of aromatic hydroxyl groups is 1. The third-order valence-corrected chi connectivity index (χ3v) is 4.96. The first-order chi connectivity index (χ1) is 14.8. The molecule has 0 amide bonds. The predicted octanol–water partition coefficient (Wildman–Crippen LogP) is 6.40. The van der Waals surface area contributed by atoms with E-state index in [1.807, 2.05) is 59.2 Å². The number of fused-ring (bicyclic) bond motifs is 1. The maximum atomic E-state index is 11.1. The summed E-state index contributed by atoms with van der Waals surface area (Å²) in [6, 6.07) is 17.4. The Kier molecular flexibility index (Phi) is 7.76. The Morgan fingerprint density at radius 3 is 2.26 bits per heavy atom. The number of aromatic nitrogens is 1. The summed E-state index contributed by atoms with van der Waals surface area (Å²) in [5.74, 6) is 1.16. The Labute approximate surface area is 189 Å². The summed E-state index contributed by atoms with van der Waals surface area (Å²) >= 11 is 5.30. The monoisotopic (exact) mass is 437 g/mol. The van der Waals surface area contributed by atoms with Gasteiger partial charge in [-0.3, -0.25) is 9.47 Å². The molecule has 2 N–H and O–H groups in total. The van der Waals surface area contributed by atoms with E-state index in [9.17, 15) is 5.11 Å². The number of para-hydroxylation sites is 2. The van der Waals surface area contributed by atoms with E-state index in [2.05, 4.69) is 48.1 Å². The van der Waals surface area contributed by atoms with Crippen molar-refractivity contribution in [1.82, 2.24) is 9.47 Å². The zero-order chi connectivity index (χ0) is 22.4. The van der Waals surface area contributed by atoms with Crippen molar-refractivity contribution in [1.29, 1.82) is 0 Å².